The minimum atomic E-state index is -0.562. The SMILES string of the molecule is C.Cc1ccc(-c2nn(C)c(=O)o2)cc1N(CC(=O)NCCCC(C)C)CC(=O)N(C)N1Cc2ccccc2C1. The van der Waals surface area contributed by atoms with Gasteiger partial charge in [0.15, 0.2) is 0 Å². The summed E-state index contributed by atoms with van der Waals surface area (Å²) in [5.41, 5.74) is 4.58. The number of hydrogen-bond donors (Lipinski definition) is 1. The largest absolute Gasteiger partial charge is 0.437 e. The average Bonchev–Trinajstić information content (AvgIpc) is 3.48. The van der Waals surface area contributed by atoms with Crippen LogP contribution >= 0.6 is 0 Å². The zero-order valence-electron chi connectivity index (χ0n) is 23.4. The van der Waals surface area contributed by atoms with Crippen molar-refractivity contribution >= 4 is 17.5 Å². The topological polar surface area (TPSA) is 104 Å². The first-order valence-electron chi connectivity index (χ1n) is 13.4. The Labute approximate surface area is 236 Å². The van der Waals surface area contributed by atoms with E-state index in [1.807, 2.05) is 42.3 Å². The number of hydrazine groups is 1. The van der Waals surface area contributed by atoms with Crippen LogP contribution in [-0.2, 0) is 29.7 Å². The van der Waals surface area contributed by atoms with E-state index in [4.69, 9.17) is 4.42 Å². The van der Waals surface area contributed by atoms with Gasteiger partial charge in [0.05, 0.1) is 13.1 Å². The average molecular weight is 551 g/mol. The molecule has 3 aromatic rings. The van der Waals surface area contributed by atoms with Gasteiger partial charge in [-0.25, -0.2) is 9.80 Å². The van der Waals surface area contributed by atoms with E-state index >= 15 is 0 Å². The molecule has 216 valence electrons. The first kappa shape index (κ1) is 30.6. The van der Waals surface area contributed by atoms with E-state index in [0.717, 1.165) is 23.1 Å². The van der Waals surface area contributed by atoms with Crippen LogP contribution in [0.4, 0.5) is 5.69 Å². The molecule has 0 radical (unpaired) electrons. The van der Waals surface area contributed by atoms with Crippen LogP contribution in [0.5, 0.6) is 0 Å². The molecule has 1 N–H and O–H groups in total. The van der Waals surface area contributed by atoms with Gasteiger partial charge >= 0.3 is 5.76 Å². The number of carbonyl (C=O) groups is 2. The minimum Gasteiger partial charge on any atom is -0.388 e. The van der Waals surface area contributed by atoms with Crippen LogP contribution in [0, 0.1) is 12.8 Å². The van der Waals surface area contributed by atoms with Gasteiger partial charge in [-0.15, -0.1) is 5.10 Å². The molecule has 40 heavy (non-hydrogen) atoms. The quantitative estimate of drug-likeness (QED) is 0.363. The van der Waals surface area contributed by atoms with Gasteiger partial charge in [-0.2, -0.15) is 4.68 Å². The molecular formula is C30H42N6O4. The fraction of sp³-hybridized carbons (Fsp3) is 0.467. The number of anilines is 1. The Balaban J connectivity index is 0.00000441. The van der Waals surface area contributed by atoms with Crippen molar-refractivity contribution in [1.82, 2.24) is 25.1 Å². The standard InChI is InChI=1S/C29H38N6O4.CH4/c1-20(2)9-8-14-30-26(36)18-34(19-27(37)33(5)35-16-23-10-6-7-11-24(23)17-35)25-15-22(13-12-21(25)3)28-31-32(4)29(38)39-28;/h6-7,10-13,15,20H,8-9,14,16-19H2,1-5H3,(H,30,36);1H4. The minimum absolute atomic E-state index is 0. The predicted octanol–water partition coefficient (Wildman–Crippen LogP) is 3.73. The Bertz CT molecular complexity index is 1350. The van der Waals surface area contributed by atoms with Crippen molar-refractivity contribution in [3.8, 4) is 11.5 Å². The molecule has 1 aliphatic rings. The maximum Gasteiger partial charge on any atom is 0.437 e. The van der Waals surface area contributed by atoms with Crippen molar-refractivity contribution in [3.05, 3.63) is 69.7 Å². The highest BCUT2D eigenvalue weighted by Crippen LogP contribution is 2.28. The van der Waals surface area contributed by atoms with Gasteiger partial charge in [-0.3, -0.25) is 14.6 Å². The molecule has 2 heterocycles. The Hall–Kier alpha value is -3.92. The first-order valence-corrected chi connectivity index (χ1v) is 13.4. The number of hydrogen-bond acceptors (Lipinski definition) is 7. The molecule has 2 amide bonds. The molecular weight excluding hydrogens is 508 g/mol. The first-order chi connectivity index (χ1) is 18.6. The lowest BCUT2D eigenvalue weighted by Crippen LogP contribution is -2.48. The number of nitrogens with one attached hydrogen (secondary N) is 1. The van der Waals surface area contributed by atoms with Crippen LogP contribution in [0.3, 0.4) is 0 Å². The molecule has 4 rings (SSSR count). The third-order valence-corrected chi connectivity index (χ3v) is 7.04. The lowest BCUT2D eigenvalue weighted by molar-refractivity contribution is -0.145. The van der Waals surface area contributed by atoms with Crippen molar-refractivity contribution in [2.75, 3.05) is 31.6 Å². The van der Waals surface area contributed by atoms with E-state index in [-0.39, 0.29) is 38.2 Å². The van der Waals surface area contributed by atoms with Crippen molar-refractivity contribution in [2.24, 2.45) is 13.0 Å². The fourth-order valence-electron chi connectivity index (χ4n) is 4.69. The zero-order chi connectivity index (χ0) is 28.1. The fourth-order valence-corrected chi connectivity index (χ4v) is 4.69. The number of fused-ring (bicyclic) bond motifs is 1. The smallest absolute Gasteiger partial charge is 0.388 e. The Morgan fingerprint density at radius 3 is 2.38 bits per heavy atom. The van der Waals surface area contributed by atoms with E-state index in [2.05, 4.69) is 36.4 Å². The second kappa shape index (κ2) is 13.4. The number of aryl methyl sites for hydroxylation is 2. The molecule has 0 saturated carbocycles. The highest BCUT2D eigenvalue weighted by molar-refractivity contribution is 5.87. The molecule has 1 aliphatic heterocycles. The van der Waals surface area contributed by atoms with Crippen molar-refractivity contribution in [2.45, 2.75) is 54.1 Å². The van der Waals surface area contributed by atoms with Gasteiger partial charge in [-0.05, 0) is 54.5 Å². The maximum atomic E-state index is 13.5. The molecule has 0 fully saturated rings. The van der Waals surface area contributed by atoms with Crippen molar-refractivity contribution in [1.29, 1.82) is 0 Å². The summed E-state index contributed by atoms with van der Waals surface area (Å²) < 4.78 is 6.40. The van der Waals surface area contributed by atoms with Gasteiger partial charge < -0.3 is 14.6 Å². The summed E-state index contributed by atoms with van der Waals surface area (Å²) in [5, 5.41) is 10.8. The summed E-state index contributed by atoms with van der Waals surface area (Å²) in [6, 6.07) is 13.7. The van der Waals surface area contributed by atoms with Gasteiger partial charge in [0, 0.05) is 45.0 Å². The maximum absolute atomic E-state index is 13.5. The highest BCUT2D eigenvalue weighted by Gasteiger charge is 2.27. The van der Waals surface area contributed by atoms with Crippen LogP contribution < -0.4 is 16.0 Å². The second-order valence-corrected chi connectivity index (χ2v) is 10.5. The highest BCUT2D eigenvalue weighted by atomic mass is 16.4. The molecule has 10 nitrogen and oxygen atoms in total. The zero-order valence-corrected chi connectivity index (χ0v) is 23.4. The van der Waals surface area contributed by atoms with E-state index in [1.54, 1.807) is 17.0 Å². The molecule has 1 aromatic heterocycles. The molecule has 10 heteroatoms. The molecule has 0 aliphatic carbocycles. The van der Waals surface area contributed by atoms with Crippen LogP contribution in [-0.4, -0.2) is 58.3 Å². The van der Waals surface area contributed by atoms with Gasteiger partial charge in [0.1, 0.15) is 0 Å². The number of amides is 2. The molecule has 0 unspecified atom stereocenters. The number of aromatic nitrogens is 2. The number of rotatable bonds is 11. The molecule has 0 bridgehead atoms. The van der Waals surface area contributed by atoms with Crippen LogP contribution in [0.25, 0.3) is 11.5 Å². The number of carbonyl (C=O) groups excluding carboxylic acids is 2. The Morgan fingerprint density at radius 1 is 1.10 bits per heavy atom. The number of benzene rings is 2. The third kappa shape index (κ3) is 7.38. The second-order valence-electron chi connectivity index (χ2n) is 10.5. The monoisotopic (exact) mass is 550 g/mol. The summed E-state index contributed by atoms with van der Waals surface area (Å²) in [4.78, 5) is 40.1. The van der Waals surface area contributed by atoms with E-state index in [9.17, 15) is 14.4 Å². The van der Waals surface area contributed by atoms with Gasteiger partial charge in [0.2, 0.25) is 11.8 Å². The predicted molar refractivity (Wildman–Crippen MR) is 156 cm³/mol. The van der Waals surface area contributed by atoms with E-state index in [0.29, 0.717) is 36.8 Å². The Kier molecular flexibility index (Phi) is 10.3. The Morgan fingerprint density at radius 2 is 1.77 bits per heavy atom. The lowest BCUT2D eigenvalue weighted by atomic mass is 10.1. The normalized spacial score (nSPS) is 12.7. The third-order valence-electron chi connectivity index (χ3n) is 7.04. The van der Waals surface area contributed by atoms with E-state index < -0.39 is 5.76 Å². The van der Waals surface area contributed by atoms with Crippen LogP contribution in [0.1, 0.15) is 50.8 Å². The molecule has 0 saturated heterocycles. The summed E-state index contributed by atoms with van der Waals surface area (Å²) in [6.07, 6.45) is 1.93. The summed E-state index contributed by atoms with van der Waals surface area (Å²) in [5.74, 6) is -0.102. The van der Waals surface area contributed by atoms with Crippen LogP contribution in [0.15, 0.2) is 51.7 Å². The van der Waals surface area contributed by atoms with Crippen molar-refractivity contribution in [3.63, 3.8) is 0 Å². The number of likely N-dealkylation sites (N-methyl/N-ethyl adjacent to an activating group) is 1. The van der Waals surface area contributed by atoms with Crippen molar-refractivity contribution < 1.29 is 14.0 Å². The molecule has 2 aromatic carbocycles. The number of nitrogens with zero attached hydrogens (tertiary/aromatic N) is 5. The van der Waals surface area contributed by atoms with Crippen LogP contribution in [0.2, 0.25) is 0 Å². The summed E-state index contributed by atoms with van der Waals surface area (Å²) >= 11 is 0. The summed E-state index contributed by atoms with van der Waals surface area (Å²) in [7, 11) is 3.29. The molecule has 0 atom stereocenters. The lowest BCUT2D eigenvalue weighted by Gasteiger charge is -2.32. The van der Waals surface area contributed by atoms with Gasteiger partial charge in [0.25, 0.3) is 5.91 Å². The van der Waals surface area contributed by atoms with Gasteiger partial charge in [-0.1, -0.05) is 51.6 Å². The van der Waals surface area contributed by atoms with E-state index in [1.165, 1.54) is 18.2 Å². The summed E-state index contributed by atoms with van der Waals surface area (Å²) in [6.45, 7) is 8.14. The molecule has 0 spiro atoms.